The number of allylic oxidation sites excluding steroid dienone is 1. The zero-order valence-corrected chi connectivity index (χ0v) is 12.7. The summed E-state index contributed by atoms with van der Waals surface area (Å²) in [5, 5.41) is 9.77. The molecule has 3 nitrogen and oxygen atoms in total. The molecular weight excluding hydrogens is 260 g/mol. The van der Waals surface area contributed by atoms with Crippen LogP contribution >= 0.6 is 0 Å². The third-order valence-corrected chi connectivity index (χ3v) is 4.50. The van der Waals surface area contributed by atoms with Gasteiger partial charge in [-0.2, -0.15) is 0 Å². The van der Waals surface area contributed by atoms with E-state index in [4.69, 9.17) is 0 Å². The van der Waals surface area contributed by atoms with E-state index in [-0.39, 0.29) is 5.76 Å². The minimum absolute atomic E-state index is 0.277. The Hall–Kier alpha value is -2.00. The van der Waals surface area contributed by atoms with Crippen LogP contribution in [-0.4, -0.2) is 34.5 Å². The van der Waals surface area contributed by atoms with Gasteiger partial charge in [0.15, 0.2) is 0 Å². The van der Waals surface area contributed by atoms with E-state index in [0.29, 0.717) is 11.6 Å². The Morgan fingerprint density at radius 2 is 2.00 bits per heavy atom. The second-order valence-corrected chi connectivity index (χ2v) is 5.87. The molecule has 1 fully saturated rings. The molecule has 3 heteroatoms. The molecule has 1 aromatic rings. The Bertz CT molecular complexity index is 630. The summed E-state index contributed by atoms with van der Waals surface area (Å²) in [6, 6.07) is 8.97. The molecule has 1 atom stereocenters. The number of aliphatic hydroxyl groups is 1. The van der Waals surface area contributed by atoms with Gasteiger partial charge in [-0.1, -0.05) is 30.8 Å². The summed E-state index contributed by atoms with van der Waals surface area (Å²) < 4.78 is 0. The van der Waals surface area contributed by atoms with Crippen molar-refractivity contribution in [1.82, 2.24) is 9.80 Å². The molecule has 0 saturated carbocycles. The van der Waals surface area contributed by atoms with Crippen LogP contribution in [0.3, 0.4) is 0 Å². The molecule has 3 rings (SSSR count). The monoisotopic (exact) mass is 282 g/mol. The Balaban J connectivity index is 1.79. The maximum absolute atomic E-state index is 9.77. The van der Waals surface area contributed by atoms with Crippen molar-refractivity contribution in [1.29, 1.82) is 0 Å². The highest BCUT2D eigenvalue weighted by molar-refractivity contribution is 5.40. The molecule has 1 N–H and O–H groups in total. The van der Waals surface area contributed by atoms with E-state index in [9.17, 15) is 5.11 Å². The molecule has 21 heavy (non-hydrogen) atoms. The van der Waals surface area contributed by atoms with Crippen LogP contribution < -0.4 is 0 Å². The van der Waals surface area contributed by atoms with E-state index < -0.39 is 0 Å². The Morgan fingerprint density at radius 1 is 1.24 bits per heavy atom. The van der Waals surface area contributed by atoms with Crippen LogP contribution in [0.2, 0.25) is 0 Å². The number of fused-ring (bicyclic) bond motifs is 1. The number of piperazine rings is 1. The maximum atomic E-state index is 9.77. The van der Waals surface area contributed by atoms with E-state index in [2.05, 4.69) is 54.5 Å². The number of hydrogen-bond acceptors (Lipinski definition) is 3. The van der Waals surface area contributed by atoms with Crippen molar-refractivity contribution in [2.24, 2.45) is 0 Å². The maximum Gasteiger partial charge on any atom is 0.138 e. The molecule has 0 spiro atoms. The third kappa shape index (κ3) is 2.61. The summed E-state index contributed by atoms with van der Waals surface area (Å²) in [4.78, 5) is 4.61. The molecule has 2 aliphatic heterocycles. The lowest BCUT2D eigenvalue weighted by atomic mass is 9.99. The fourth-order valence-corrected chi connectivity index (χ4v) is 3.12. The lowest BCUT2D eigenvalue weighted by Crippen LogP contribution is -2.44. The van der Waals surface area contributed by atoms with Gasteiger partial charge >= 0.3 is 0 Å². The molecule has 1 aromatic carbocycles. The fraction of sp³-hybridized carbons (Fsp3) is 0.333. The zero-order valence-electron chi connectivity index (χ0n) is 12.7. The lowest BCUT2D eigenvalue weighted by molar-refractivity contribution is 0.159. The highest BCUT2D eigenvalue weighted by atomic mass is 16.3. The van der Waals surface area contributed by atoms with Gasteiger partial charge in [0.1, 0.15) is 5.76 Å². The van der Waals surface area contributed by atoms with E-state index >= 15 is 0 Å². The minimum atomic E-state index is 0.277. The molecule has 1 saturated heterocycles. The topological polar surface area (TPSA) is 26.7 Å². The number of aryl methyl sites for hydroxylation is 1. The normalized spacial score (nSPS) is 20.7. The summed E-state index contributed by atoms with van der Waals surface area (Å²) >= 11 is 0. The van der Waals surface area contributed by atoms with Crippen LogP contribution in [0.1, 0.15) is 24.1 Å². The van der Waals surface area contributed by atoms with Gasteiger partial charge in [-0.05, 0) is 31.1 Å². The van der Waals surface area contributed by atoms with E-state index in [1.165, 1.54) is 16.8 Å². The Kier molecular flexibility index (Phi) is 3.60. The molecule has 0 radical (unpaired) electrons. The highest BCUT2D eigenvalue weighted by Crippen LogP contribution is 2.30. The molecule has 0 aromatic heterocycles. The van der Waals surface area contributed by atoms with E-state index in [1.807, 2.05) is 6.08 Å². The van der Waals surface area contributed by atoms with Crippen molar-refractivity contribution >= 4 is 0 Å². The Morgan fingerprint density at radius 3 is 2.76 bits per heavy atom. The predicted molar refractivity (Wildman–Crippen MR) is 85.8 cm³/mol. The van der Waals surface area contributed by atoms with Crippen molar-refractivity contribution in [3.63, 3.8) is 0 Å². The number of aliphatic hydroxyl groups excluding tert-OH is 1. The average Bonchev–Trinajstić information content (AvgIpc) is 2.48. The van der Waals surface area contributed by atoms with Crippen LogP contribution in [0.5, 0.6) is 0 Å². The van der Waals surface area contributed by atoms with Crippen LogP contribution in [0.25, 0.3) is 0 Å². The largest absolute Gasteiger partial charge is 0.506 e. The number of benzene rings is 1. The van der Waals surface area contributed by atoms with Gasteiger partial charge in [-0.3, -0.25) is 4.90 Å². The first kappa shape index (κ1) is 14.0. The molecular formula is C18H22N2O. The van der Waals surface area contributed by atoms with Crippen molar-refractivity contribution in [3.05, 3.63) is 71.3 Å². The molecule has 2 aliphatic rings. The molecule has 0 amide bonds. The van der Waals surface area contributed by atoms with Crippen LogP contribution in [0.15, 0.2) is 60.1 Å². The van der Waals surface area contributed by atoms with Gasteiger partial charge in [0.25, 0.3) is 0 Å². The van der Waals surface area contributed by atoms with Gasteiger partial charge in [0.05, 0.1) is 0 Å². The van der Waals surface area contributed by atoms with Crippen LogP contribution in [0, 0.1) is 6.92 Å². The Labute approximate surface area is 126 Å². The quantitative estimate of drug-likeness (QED) is 0.899. The minimum Gasteiger partial charge on any atom is -0.506 e. The SMILES string of the molecule is C=C1C=C2CN(C(C)c3ccccc3C)CCN2C=C1O. The number of hydrogen-bond donors (Lipinski definition) is 1. The smallest absolute Gasteiger partial charge is 0.138 e. The highest BCUT2D eigenvalue weighted by Gasteiger charge is 2.27. The summed E-state index contributed by atoms with van der Waals surface area (Å²) in [5.74, 6) is 0.277. The lowest BCUT2D eigenvalue weighted by Gasteiger charge is -2.41. The van der Waals surface area contributed by atoms with Crippen LogP contribution in [0.4, 0.5) is 0 Å². The molecule has 1 unspecified atom stereocenters. The molecule has 2 heterocycles. The fourth-order valence-electron chi connectivity index (χ4n) is 3.12. The summed E-state index contributed by atoms with van der Waals surface area (Å²) in [7, 11) is 0. The van der Waals surface area contributed by atoms with Crippen molar-refractivity contribution in [3.8, 4) is 0 Å². The van der Waals surface area contributed by atoms with Crippen LogP contribution in [-0.2, 0) is 0 Å². The first-order chi connectivity index (χ1) is 10.1. The van der Waals surface area contributed by atoms with Crippen molar-refractivity contribution in [2.45, 2.75) is 19.9 Å². The summed E-state index contributed by atoms with van der Waals surface area (Å²) in [5.41, 5.74) is 4.64. The van der Waals surface area contributed by atoms with Crippen molar-refractivity contribution in [2.75, 3.05) is 19.6 Å². The number of rotatable bonds is 2. The summed E-state index contributed by atoms with van der Waals surface area (Å²) in [6.45, 7) is 11.1. The van der Waals surface area contributed by atoms with Gasteiger partial charge in [-0.25, -0.2) is 0 Å². The zero-order chi connectivity index (χ0) is 15.0. The second-order valence-electron chi connectivity index (χ2n) is 5.87. The third-order valence-electron chi connectivity index (χ3n) is 4.50. The predicted octanol–water partition coefficient (Wildman–Crippen LogP) is 3.53. The second kappa shape index (κ2) is 5.41. The first-order valence-corrected chi connectivity index (χ1v) is 7.43. The van der Waals surface area contributed by atoms with Gasteiger partial charge < -0.3 is 10.0 Å². The molecule has 0 aliphatic carbocycles. The van der Waals surface area contributed by atoms with E-state index in [0.717, 1.165) is 19.6 Å². The van der Waals surface area contributed by atoms with E-state index in [1.54, 1.807) is 6.20 Å². The van der Waals surface area contributed by atoms with Gasteiger partial charge in [0.2, 0.25) is 0 Å². The number of nitrogens with zero attached hydrogens (tertiary/aromatic N) is 2. The first-order valence-electron chi connectivity index (χ1n) is 7.43. The average molecular weight is 282 g/mol. The van der Waals surface area contributed by atoms with Gasteiger partial charge in [0, 0.05) is 43.1 Å². The summed E-state index contributed by atoms with van der Waals surface area (Å²) in [6.07, 6.45) is 3.79. The molecule has 0 bridgehead atoms. The van der Waals surface area contributed by atoms with Gasteiger partial charge in [-0.15, -0.1) is 0 Å². The standard InChI is InChI=1S/C18H22N2O/c1-13-6-4-5-7-17(13)15(3)19-8-9-20-12-18(21)14(2)10-16(20)11-19/h4-7,10,12,15,21H,2,8-9,11H2,1,3H3. The van der Waals surface area contributed by atoms with Crippen molar-refractivity contribution < 1.29 is 5.11 Å². The molecule has 110 valence electrons.